The fraction of sp³-hybridized carbons (Fsp3) is 0.500. The van der Waals surface area contributed by atoms with Crippen LogP contribution in [0.2, 0.25) is 0 Å². The molecule has 104 valence electrons. The lowest BCUT2D eigenvalue weighted by molar-refractivity contribution is -0.119. The highest BCUT2D eigenvalue weighted by atomic mass is 16.5. The van der Waals surface area contributed by atoms with E-state index >= 15 is 0 Å². The third-order valence-corrected chi connectivity index (χ3v) is 3.22. The zero-order valence-electron chi connectivity index (χ0n) is 10.8. The molecule has 2 atom stereocenters. The number of ether oxygens (including phenoxy) is 1. The quantitative estimate of drug-likeness (QED) is 0.707. The van der Waals surface area contributed by atoms with E-state index in [-0.39, 0.29) is 11.9 Å². The van der Waals surface area contributed by atoms with Crippen molar-refractivity contribution < 1.29 is 14.6 Å². The Balaban J connectivity index is 1.89. The molecule has 1 amide bonds. The highest BCUT2D eigenvalue weighted by Gasteiger charge is 2.21. The second kappa shape index (κ2) is 6.54. The molecule has 19 heavy (non-hydrogen) atoms. The molecule has 1 heterocycles. The van der Waals surface area contributed by atoms with E-state index in [1.165, 1.54) is 0 Å². The van der Waals surface area contributed by atoms with Crippen LogP contribution in [0, 0.1) is 0 Å². The number of hydrogen-bond donors (Lipinski definition) is 3. The van der Waals surface area contributed by atoms with Crippen LogP contribution in [0.25, 0.3) is 0 Å². The Morgan fingerprint density at radius 3 is 3.05 bits per heavy atom. The summed E-state index contributed by atoms with van der Waals surface area (Å²) >= 11 is 0. The minimum Gasteiger partial charge on any atom is -0.491 e. The van der Waals surface area contributed by atoms with Gasteiger partial charge in [0.2, 0.25) is 5.91 Å². The van der Waals surface area contributed by atoms with E-state index in [4.69, 9.17) is 10.5 Å². The van der Waals surface area contributed by atoms with Crippen LogP contribution < -0.4 is 15.8 Å². The van der Waals surface area contributed by atoms with Crippen molar-refractivity contribution in [2.45, 2.75) is 31.4 Å². The molecule has 5 nitrogen and oxygen atoms in total. The molecule has 2 rings (SSSR count). The average Bonchev–Trinajstić information content (AvgIpc) is 2.83. The van der Waals surface area contributed by atoms with E-state index in [1.807, 2.05) is 24.3 Å². The molecule has 0 bridgehead atoms. The summed E-state index contributed by atoms with van der Waals surface area (Å²) < 4.78 is 5.65. The van der Waals surface area contributed by atoms with Crippen LogP contribution in [0.4, 0.5) is 0 Å². The smallest absolute Gasteiger partial charge is 0.220 e. The van der Waals surface area contributed by atoms with Gasteiger partial charge in [0.1, 0.15) is 12.4 Å². The van der Waals surface area contributed by atoms with Crippen LogP contribution in [0.1, 0.15) is 30.9 Å². The van der Waals surface area contributed by atoms with Gasteiger partial charge in [-0.3, -0.25) is 4.79 Å². The molecule has 0 saturated carbocycles. The topological polar surface area (TPSA) is 84.6 Å². The molecule has 0 radical (unpaired) electrons. The predicted octanol–water partition coefficient (Wildman–Crippen LogP) is 0.726. The Morgan fingerprint density at radius 1 is 1.53 bits per heavy atom. The molecule has 1 fully saturated rings. The maximum absolute atomic E-state index is 11.1. The number of carbonyl (C=O) groups excluding carboxylic acids is 1. The van der Waals surface area contributed by atoms with Crippen LogP contribution in [0.5, 0.6) is 5.75 Å². The summed E-state index contributed by atoms with van der Waals surface area (Å²) in [5.41, 5.74) is 6.23. The monoisotopic (exact) mass is 264 g/mol. The molecule has 1 aromatic rings. The maximum Gasteiger partial charge on any atom is 0.220 e. The minimum absolute atomic E-state index is 0.0840. The number of benzene rings is 1. The van der Waals surface area contributed by atoms with E-state index in [0.717, 1.165) is 12.0 Å². The van der Waals surface area contributed by atoms with E-state index in [1.54, 1.807) is 0 Å². The molecule has 0 aliphatic carbocycles. The van der Waals surface area contributed by atoms with Crippen LogP contribution in [-0.4, -0.2) is 30.2 Å². The standard InChI is InChI=1S/C14H20N2O3/c15-7-6-13(17)10-2-1-3-12(8-10)19-9-11-4-5-14(18)16-11/h1-3,8,11,13,17H,4-7,9,15H2,(H,16,18)/t11?,13-/m1/s1. The summed E-state index contributed by atoms with van der Waals surface area (Å²) in [5, 5.41) is 12.7. The van der Waals surface area contributed by atoms with Crippen molar-refractivity contribution in [3.8, 4) is 5.75 Å². The molecule has 1 aliphatic heterocycles. The molecule has 5 heteroatoms. The molecule has 1 saturated heterocycles. The highest BCUT2D eigenvalue weighted by molar-refractivity contribution is 5.78. The predicted molar refractivity (Wildman–Crippen MR) is 71.7 cm³/mol. The number of hydrogen-bond acceptors (Lipinski definition) is 4. The number of carbonyl (C=O) groups is 1. The summed E-state index contributed by atoms with van der Waals surface area (Å²) in [4.78, 5) is 11.1. The lowest BCUT2D eigenvalue weighted by Crippen LogP contribution is -2.30. The summed E-state index contributed by atoms with van der Waals surface area (Å²) in [6, 6.07) is 7.44. The molecular formula is C14H20N2O3. The second-order valence-corrected chi connectivity index (χ2v) is 4.78. The van der Waals surface area contributed by atoms with Crippen LogP contribution in [0.3, 0.4) is 0 Å². The Hall–Kier alpha value is -1.59. The zero-order chi connectivity index (χ0) is 13.7. The molecule has 0 spiro atoms. The van der Waals surface area contributed by atoms with Gasteiger partial charge in [-0.15, -0.1) is 0 Å². The van der Waals surface area contributed by atoms with Crippen molar-refractivity contribution in [3.63, 3.8) is 0 Å². The van der Waals surface area contributed by atoms with Crippen LogP contribution >= 0.6 is 0 Å². The van der Waals surface area contributed by atoms with Gasteiger partial charge in [0, 0.05) is 6.42 Å². The average molecular weight is 264 g/mol. The molecule has 1 unspecified atom stereocenters. The van der Waals surface area contributed by atoms with Gasteiger partial charge in [0.25, 0.3) is 0 Å². The van der Waals surface area contributed by atoms with E-state index in [2.05, 4.69) is 5.32 Å². The minimum atomic E-state index is -0.556. The van der Waals surface area contributed by atoms with Gasteiger partial charge in [0.05, 0.1) is 12.1 Å². The normalized spacial score (nSPS) is 20.1. The van der Waals surface area contributed by atoms with E-state index in [9.17, 15) is 9.90 Å². The van der Waals surface area contributed by atoms with Crippen molar-refractivity contribution in [1.82, 2.24) is 5.32 Å². The Morgan fingerprint density at radius 2 is 2.37 bits per heavy atom. The number of nitrogens with one attached hydrogen (secondary N) is 1. The highest BCUT2D eigenvalue weighted by Crippen LogP contribution is 2.21. The third kappa shape index (κ3) is 3.94. The number of nitrogens with two attached hydrogens (primary N) is 1. The Labute approximate surface area is 112 Å². The lowest BCUT2D eigenvalue weighted by atomic mass is 10.1. The zero-order valence-corrected chi connectivity index (χ0v) is 10.8. The number of aliphatic hydroxyl groups is 1. The van der Waals surface area contributed by atoms with Crippen molar-refractivity contribution >= 4 is 5.91 Å². The van der Waals surface area contributed by atoms with Crippen molar-refractivity contribution in [3.05, 3.63) is 29.8 Å². The van der Waals surface area contributed by atoms with Gasteiger partial charge >= 0.3 is 0 Å². The summed E-state index contributed by atoms with van der Waals surface area (Å²) in [7, 11) is 0. The molecule has 0 aromatic heterocycles. The second-order valence-electron chi connectivity index (χ2n) is 4.78. The summed E-state index contributed by atoms with van der Waals surface area (Å²) in [5.74, 6) is 0.787. The van der Waals surface area contributed by atoms with Gasteiger partial charge in [-0.05, 0) is 37.1 Å². The number of aliphatic hydroxyl groups excluding tert-OH is 1. The van der Waals surface area contributed by atoms with E-state index in [0.29, 0.717) is 31.7 Å². The fourth-order valence-corrected chi connectivity index (χ4v) is 2.14. The lowest BCUT2D eigenvalue weighted by Gasteiger charge is -2.14. The SMILES string of the molecule is NCC[C@@H](O)c1cccc(OCC2CCC(=O)N2)c1. The van der Waals surface area contributed by atoms with E-state index < -0.39 is 6.10 Å². The van der Waals surface area contributed by atoms with Crippen molar-refractivity contribution in [1.29, 1.82) is 0 Å². The summed E-state index contributed by atoms with van der Waals surface area (Å²) in [6.45, 7) is 0.905. The summed E-state index contributed by atoms with van der Waals surface area (Å²) in [6.07, 6.45) is 1.36. The van der Waals surface area contributed by atoms with Gasteiger partial charge in [-0.1, -0.05) is 12.1 Å². The first-order chi connectivity index (χ1) is 9.19. The molecule has 1 aliphatic rings. The number of amides is 1. The Bertz CT molecular complexity index is 436. The third-order valence-electron chi connectivity index (χ3n) is 3.22. The first-order valence-corrected chi connectivity index (χ1v) is 6.59. The molecular weight excluding hydrogens is 244 g/mol. The first-order valence-electron chi connectivity index (χ1n) is 6.59. The van der Waals surface area contributed by atoms with Gasteiger partial charge < -0.3 is 20.9 Å². The van der Waals surface area contributed by atoms with Crippen LogP contribution in [-0.2, 0) is 4.79 Å². The van der Waals surface area contributed by atoms with Gasteiger partial charge in [-0.2, -0.15) is 0 Å². The molecule has 1 aromatic carbocycles. The van der Waals surface area contributed by atoms with Crippen molar-refractivity contribution in [2.24, 2.45) is 5.73 Å². The van der Waals surface area contributed by atoms with Crippen LogP contribution in [0.15, 0.2) is 24.3 Å². The van der Waals surface area contributed by atoms with Gasteiger partial charge in [-0.25, -0.2) is 0 Å². The maximum atomic E-state index is 11.1. The van der Waals surface area contributed by atoms with Crippen molar-refractivity contribution in [2.75, 3.05) is 13.2 Å². The van der Waals surface area contributed by atoms with Gasteiger partial charge in [0.15, 0.2) is 0 Å². The largest absolute Gasteiger partial charge is 0.491 e. The fourth-order valence-electron chi connectivity index (χ4n) is 2.14. The number of rotatable bonds is 6. The Kier molecular flexibility index (Phi) is 4.76. The molecule has 4 N–H and O–H groups in total. The first kappa shape index (κ1) is 13.8.